The summed E-state index contributed by atoms with van der Waals surface area (Å²) in [5.74, 6) is -0.702. The van der Waals surface area contributed by atoms with Gasteiger partial charge in [-0.15, -0.1) is 11.8 Å². The van der Waals surface area contributed by atoms with Crippen molar-refractivity contribution in [1.29, 1.82) is 0 Å². The highest BCUT2D eigenvalue weighted by molar-refractivity contribution is 8.01. The van der Waals surface area contributed by atoms with Crippen LogP contribution in [0.25, 0.3) is 10.8 Å². The predicted molar refractivity (Wildman–Crippen MR) is 124 cm³/mol. The van der Waals surface area contributed by atoms with Crippen molar-refractivity contribution in [2.45, 2.75) is 39.0 Å². The lowest BCUT2D eigenvalue weighted by atomic mass is 10.1. The smallest absolute Gasteiger partial charge is 0.290 e. The molecule has 11 nitrogen and oxygen atoms in total. The summed E-state index contributed by atoms with van der Waals surface area (Å²) in [6, 6.07) is 8.25. The van der Waals surface area contributed by atoms with E-state index in [0.29, 0.717) is 35.3 Å². The number of aryl methyl sites for hydroxylation is 2. The molecular weight excluding hydrogens is 448 g/mol. The highest BCUT2D eigenvalue weighted by Gasteiger charge is 2.19. The second-order valence-corrected chi connectivity index (χ2v) is 8.52. The first kappa shape index (κ1) is 24.0. The molecule has 3 aromatic rings. The molecule has 33 heavy (non-hydrogen) atoms. The number of hydrazine groups is 1. The van der Waals surface area contributed by atoms with Gasteiger partial charge in [0.05, 0.1) is 16.4 Å². The second kappa shape index (κ2) is 10.8. The van der Waals surface area contributed by atoms with Crippen LogP contribution < -0.4 is 21.7 Å². The van der Waals surface area contributed by atoms with E-state index in [0.717, 1.165) is 11.8 Å². The molecule has 12 heteroatoms. The Bertz CT molecular complexity index is 1240. The van der Waals surface area contributed by atoms with E-state index in [2.05, 4.69) is 26.4 Å². The highest BCUT2D eigenvalue weighted by atomic mass is 32.2. The predicted octanol–water partition coefficient (Wildman–Crippen LogP) is 1.62. The summed E-state index contributed by atoms with van der Waals surface area (Å²) in [6.45, 7) is 5.61. The van der Waals surface area contributed by atoms with Gasteiger partial charge in [0.2, 0.25) is 11.8 Å². The van der Waals surface area contributed by atoms with Gasteiger partial charge in [-0.3, -0.25) is 30.0 Å². The van der Waals surface area contributed by atoms with Crippen molar-refractivity contribution in [2.75, 3.05) is 11.1 Å². The fraction of sp³-hybridized carbons (Fsp3) is 0.333. The number of amides is 3. The minimum atomic E-state index is -0.651. The lowest BCUT2D eigenvalue weighted by Crippen LogP contribution is -2.44. The van der Waals surface area contributed by atoms with Crippen molar-refractivity contribution in [1.82, 2.24) is 25.8 Å². The zero-order chi connectivity index (χ0) is 24.0. The standard InChI is InChI=1S/C21H24N6O5S/c1-4-9-27-21(31)15-8-6-5-7-14(15)18(25-27)20(30)24-23-17(28)11-33-13(3)19(29)22-16-10-12(2)32-26-16/h5-8,10,13H,4,9,11H2,1-3H3,(H,23,28)(H,24,30)(H,22,26,29)/t13-/m0/s1. The molecule has 0 saturated carbocycles. The first-order chi connectivity index (χ1) is 15.8. The van der Waals surface area contributed by atoms with Crippen LogP contribution in [-0.2, 0) is 16.1 Å². The van der Waals surface area contributed by atoms with Crippen molar-refractivity contribution in [3.05, 3.63) is 52.1 Å². The van der Waals surface area contributed by atoms with Crippen LogP contribution in [0, 0.1) is 6.92 Å². The van der Waals surface area contributed by atoms with E-state index in [4.69, 9.17) is 4.52 Å². The number of aromatic nitrogens is 3. The molecule has 0 unspecified atom stereocenters. The number of anilines is 1. The van der Waals surface area contributed by atoms with Gasteiger partial charge in [0.15, 0.2) is 11.5 Å². The molecule has 1 aromatic carbocycles. The highest BCUT2D eigenvalue weighted by Crippen LogP contribution is 2.15. The summed E-state index contributed by atoms with van der Waals surface area (Å²) < 4.78 is 6.13. The minimum absolute atomic E-state index is 0.0299. The summed E-state index contributed by atoms with van der Waals surface area (Å²) in [7, 11) is 0. The van der Waals surface area contributed by atoms with Crippen LogP contribution >= 0.6 is 11.8 Å². The SMILES string of the molecule is CCCn1nc(C(=O)NNC(=O)CS[C@@H](C)C(=O)Nc2cc(C)on2)c2ccccc2c1=O. The van der Waals surface area contributed by atoms with Crippen LogP contribution in [0.15, 0.2) is 39.6 Å². The molecule has 0 fully saturated rings. The molecule has 3 amide bonds. The van der Waals surface area contributed by atoms with Crippen LogP contribution in [0.5, 0.6) is 0 Å². The summed E-state index contributed by atoms with van der Waals surface area (Å²) >= 11 is 1.08. The van der Waals surface area contributed by atoms with Gasteiger partial charge < -0.3 is 9.84 Å². The van der Waals surface area contributed by atoms with Gasteiger partial charge in [0.1, 0.15) is 5.76 Å². The second-order valence-electron chi connectivity index (χ2n) is 7.19. The molecule has 0 saturated heterocycles. The molecule has 0 aliphatic carbocycles. The summed E-state index contributed by atoms with van der Waals surface area (Å²) in [4.78, 5) is 49.6. The molecule has 0 aliphatic heterocycles. The Morgan fingerprint density at radius 2 is 1.91 bits per heavy atom. The molecule has 1 atom stereocenters. The molecule has 0 radical (unpaired) electrons. The third-order valence-electron chi connectivity index (χ3n) is 4.55. The monoisotopic (exact) mass is 472 g/mol. The molecule has 3 rings (SSSR count). The average molecular weight is 473 g/mol. The number of carbonyl (C=O) groups excluding carboxylic acids is 3. The fourth-order valence-electron chi connectivity index (χ4n) is 2.92. The Balaban J connectivity index is 1.57. The number of benzene rings is 1. The van der Waals surface area contributed by atoms with E-state index < -0.39 is 17.1 Å². The van der Waals surface area contributed by atoms with Crippen LogP contribution in [-0.4, -0.2) is 43.7 Å². The maximum absolute atomic E-state index is 12.7. The fourth-order valence-corrected chi connectivity index (χ4v) is 3.60. The summed E-state index contributed by atoms with van der Waals surface area (Å²) in [5.41, 5.74) is 4.39. The maximum atomic E-state index is 12.7. The van der Waals surface area contributed by atoms with E-state index in [1.165, 1.54) is 4.68 Å². The molecule has 0 aliphatic rings. The van der Waals surface area contributed by atoms with E-state index in [1.807, 2.05) is 6.92 Å². The number of hydrogen-bond donors (Lipinski definition) is 3. The van der Waals surface area contributed by atoms with Gasteiger partial charge in [-0.05, 0) is 26.3 Å². The van der Waals surface area contributed by atoms with Crippen LogP contribution in [0.4, 0.5) is 5.82 Å². The number of fused-ring (bicyclic) bond motifs is 1. The first-order valence-electron chi connectivity index (χ1n) is 10.2. The van der Waals surface area contributed by atoms with E-state index >= 15 is 0 Å². The normalized spacial score (nSPS) is 11.7. The third-order valence-corrected chi connectivity index (χ3v) is 5.69. The Kier molecular flexibility index (Phi) is 7.83. The lowest BCUT2D eigenvalue weighted by molar-refractivity contribution is -0.119. The first-order valence-corrected chi connectivity index (χ1v) is 11.3. The average Bonchev–Trinajstić information content (AvgIpc) is 3.22. The largest absolute Gasteiger partial charge is 0.360 e. The lowest BCUT2D eigenvalue weighted by Gasteiger charge is -2.12. The molecule has 0 spiro atoms. The van der Waals surface area contributed by atoms with Crippen molar-refractivity contribution >= 4 is 46.1 Å². The molecule has 0 bridgehead atoms. The Morgan fingerprint density at radius 3 is 2.58 bits per heavy atom. The van der Waals surface area contributed by atoms with E-state index in [9.17, 15) is 19.2 Å². The summed E-state index contributed by atoms with van der Waals surface area (Å²) in [5, 5.41) is 10.7. The number of carbonyl (C=O) groups is 3. The van der Waals surface area contributed by atoms with E-state index in [1.54, 1.807) is 44.2 Å². The van der Waals surface area contributed by atoms with Gasteiger partial charge in [0.25, 0.3) is 11.5 Å². The van der Waals surface area contributed by atoms with Gasteiger partial charge in [-0.25, -0.2) is 4.68 Å². The number of nitrogens with zero attached hydrogens (tertiary/aromatic N) is 3. The van der Waals surface area contributed by atoms with Crippen LogP contribution in [0.3, 0.4) is 0 Å². The van der Waals surface area contributed by atoms with Gasteiger partial charge in [-0.2, -0.15) is 5.10 Å². The molecular formula is C21H24N6O5S. The molecule has 2 heterocycles. The van der Waals surface area contributed by atoms with Crippen LogP contribution in [0.1, 0.15) is 36.5 Å². The van der Waals surface area contributed by atoms with Crippen molar-refractivity contribution in [3.63, 3.8) is 0 Å². The Labute approximate surface area is 193 Å². The molecule has 174 valence electrons. The van der Waals surface area contributed by atoms with Gasteiger partial charge in [-0.1, -0.05) is 30.3 Å². The minimum Gasteiger partial charge on any atom is -0.360 e. The Morgan fingerprint density at radius 1 is 1.18 bits per heavy atom. The number of nitrogens with one attached hydrogen (secondary N) is 3. The van der Waals surface area contributed by atoms with Crippen LogP contribution in [0.2, 0.25) is 0 Å². The maximum Gasteiger partial charge on any atom is 0.290 e. The van der Waals surface area contributed by atoms with Crippen molar-refractivity contribution < 1.29 is 18.9 Å². The zero-order valence-electron chi connectivity index (χ0n) is 18.4. The quantitative estimate of drug-likeness (QED) is 0.419. The Hall–Kier alpha value is -3.67. The summed E-state index contributed by atoms with van der Waals surface area (Å²) in [6.07, 6.45) is 0.669. The van der Waals surface area contributed by atoms with Crippen molar-refractivity contribution in [3.8, 4) is 0 Å². The van der Waals surface area contributed by atoms with Gasteiger partial charge in [0, 0.05) is 18.0 Å². The third kappa shape index (κ3) is 5.98. The van der Waals surface area contributed by atoms with E-state index in [-0.39, 0.29) is 22.9 Å². The zero-order valence-corrected chi connectivity index (χ0v) is 19.2. The number of thioether (sulfide) groups is 1. The van der Waals surface area contributed by atoms with Crippen molar-refractivity contribution in [2.24, 2.45) is 0 Å². The number of rotatable bonds is 8. The molecule has 3 N–H and O–H groups in total. The van der Waals surface area contributed by atoms with Gasteiger partial charge >= 0.3 is 0 Å². The topological polar surface area (TPSA) is 148 Å². The molecule has 2 aromatic heterocycles. The number of hydrogen-bond acceptors (Lipinski definition) is 8.